The van der Waals surface area contributed by atoms with Crippen LogP contribution in [-0.2, 0) is 27.9 Å². The Morgan fingerprint density at radius 1 is 0.914 bits per heavy atom. The third-order valence-electron chi connectivity index (χ3n) is 4.89. The molecule has 0 aliphatic rings. The van der Waals surface area contributed by atoms with Crippen LogP contribution in [0.3, 0.4) is 0 Å². The zero-order chi connectivity index (χ0) is 26.2. The second-order valence-electron chi connectivity index (χ2n) is 6.86. The van der Waals surface area contributed by atoms with E-state index in [1.165, 1.54) is 32.4 Å². The van der Waals surface area contributed by atoms with Crippen LogP contribution < -0.4 is 15.4 Å². The first-order valence-corrected chi connectivity index (χ1v) is 12.0. The van der Waals surface area contributed by atoms with E-state index in [9.17, 15) is 18.9 Å². The fourth-order valence-corrected chi connectivity index (χ4v) is 4.47. The first-order chi connectivity index (χ1) is 16.6. The van der Waals surface area contributed by atoms with E-state index < -0.39 is 37.4 Å². The van der Waals surface area contributed by atoms with Crippen LogP contribution in [0.15, 0.2) is 42.5 Å². The van der Waals surface area contributed by atoms with Crippen LogP contribution in [0.4, 0.5) is 0 Å². The highest BCUT2D eigenvalue weighted by atomic mass is 35.5. The van der Waals surface area contributed by atoms with Gasteiger partial charge in [0.2, 0.25) is 5.78 Å². The Morgan fingerprint density at radius 3 is 2.14 bits per heavy atom. The molecular weight excluding hydrogens is 503 g/mol. The number of carbonyl (C=O) groups is 3. The number of benzene rings is 2. The van der Waals surface area contributed by atoms with Gasteiger partial charge in [-0.1, -0.05) is 23.7 Å². The summed E-state index contributed by atoms with van der Waals surface area (Å²) in [6.45, 7) is 0. The van der Waals surface area contributed by atoms with Crippen molar-refractivity contribution < 1.29 is 42.2 Å². The van der Waals surface area contributed by atoms with Crippen LogP contribution in [0.25, 0.3) is 0 Å². The lowest BCUT2D eigenvalue weighted by molar-refractivity contribution is -0.141. The molecule has 35 heavy (non-hydrogen) atoms. The van der Waals surface area contributed by atoms with Crippen molar-refractivity contribution in [2.24, 2.45) is 0 Å². The standard InChI is InChI=1S/C22H26ClN2O9P/c1-30-15-8-6-7-14(11-15)20(31-2)24-18(26)13-9-10-16(17(23)12-13)19(27)25-21(22(28)32-3)35(29,33-4)34-5/h6-12,20-21H,1-5H3,(H,24,26)(H,25,27). The lowest BCUT2D eigenvalue weighted by Crippen LogP contribution is -2.42. The van der Waals surface area contributed by atoms with Crippen molar-refractivity contribution in [3.63, 3.8) is 0 Å². The third-order valence-corrected chi connectivity index (χ3v) is 7.19. The molecule has 2 aromatic rings. The van der Waals surface area contributed by atoms with Crippen LogP contribution in [0.2, 0.25) is 5.02 Å². The predicted molar refractivity (Wildman–Crippen MR) is 127 cm³/mol. The quantitative estimate of drug-likeness (QED) is 0.256. The number of nitrogens with one attached hydrogen (secondary N) is 2. The highest BCUT2D eigenvalue weighted by molar-refractivity contribution is 7.55. The van der Waals surface area contributed by atoms with Crippen molar-refractivity contribution in [3.05, 3.63) is 64.2 Å². The van der Waals surface area contributed by atoms with E-state index in [0.717, 1.165) is 21.3 Å². The van der Waals surface area contributed by atoms with Gasteiger partial charge in [0.25, 0.3) is 11.8 Å². The molecule has 11 nitrogen and oxygen atoms in total. The summed E-state index contributed by atoms with van der Waals surface area (Å²) in [7, 11) is 2.06. The summed E-state index contributed by atoms with van der Waals surface area (Å²) in [5, 5.41) is 4.86. The molecule has 2 rings (SSSR count). The molecule has 0 saturated heterocycles. The first kappa shape index (κ1) is 28.3. The lowest BCUT2D eigenvalue weighted by Gasteiger charge is -2.23. The Bertz CT molecular complexity index is 1120. The molecule has 0 fully saturated rings. The van der Waals surface area contributed by atoms with Gasteiger partial charge in [-0.15, -0.1) is 0 Å². The Kier molecular flexibility index (Phi) is 10.2. The minimum atomic E-state index is -4.07. The van der Waals surface area contributed by atoms with Gasteiger partial charge in [-0.2, -0.15) is 0 Å². The van der Waals surface area contributed by atoms with Crippen molar-refractivity contribution in [2.75, 3.05) is 35.5 Å². The molecule has 0 bridgehead atoms. The second kappa shape index (κ2) is 12.7. The maximum absolute atomic E-state index is 12.8. The number of amides is 2. The van der Waals surface area contributed by atoms with Gasteiger partial charge in [0.05, 0.1) is 24.8 Å². The van der Waals surface area contributed by atoms with E-state index in [1.54, 1.807) is 24.3 Å². The number of esters is 1. The number of hydrogen-bond donors (Lipinski definition) is 2. The maximum atomic E-state index is 12.8. The van der Waals surface area contributed by atoms with Gasteiger partial charge in [0, 0.05) is 32.5 Å². The Labute approximate surface area is 207 Å². The van der Waals surface area contributed by atoms with Crippen molar-refractivity contribution >= 4 is 37.0 Å². The largest absolute Gasteiger partial charge is 0.497 e. The van der Waals surface area contributed by atoms with Gasteiger partial charge in [-0.3, -0.25) is 14.2 Å². The van der Waals surface area contributed by atoms with Crippen LogP contribution in [-0.4, -0.2) is 59.1 Å². The van der Waals surface area contributed by atoms with Crippen molar-refractivity contribution in [1.82, 2.24) is 10.6 Å². The molecule has 2 amide bonds. The lowest BCUT2D eigenvalue weighted by atomic mass is 10.1. The number of halogens is 1. The first-order valence-electron chi connectivity index (χ1n) is 10.0. The summed E-state index contributed by atoms with van der Waals surface area (Å²) in [5.41, 5.74) is 0.698. The van der Waals surface area contributed by atoms with Crippen LogP contribution in [0.1, 0.15) is 32.5 Å². The fraction of sp³-hybridized carbons (Fsp3) is 0.318. The van der Waals surface area contributed by atoms with E-state index in [-0.39, 0.29) is 16.1 Å². The number of carbonyl (C=O) groups excluding carboxylic acids is 3. The monoisotopic (exact) mass is 528 g/mol. The topological polar surface area (TPSA) is 138 Å². The summed E-state index contributed by atoms with van der Waals surface area (Å²) in [5.74, 6) is -3.57. The molecule has 2 atom stereocenters. The van der Waals surface area contributed by atoms with Gasteiger partial charge in [0.15, 0.2) is 6.23 Å². The van der Waals surface area contributed by atoms with Crippen molar-refractivity contribution in [1.29, 1.82) is 0 Å². The molecule has 13 heteroatoms. The minimum Gasteiger partial charge on any atom is -0.497 e. The van der Waals surface area contributed by atoms with Crippen LogP contribution >= 0.6 is 19.2 Å². The van der Waals surface area contributed by atoms with Crippen molar-refractivity contribution in [2.45, 2.75) is 12.0 Å². The van der Waals surface area contributed by atoms with Gasteiger partial charge < -0.3 is 33.9 Å². The van der Waals surface area contributed by atoms with Gasteiger partial charge in [-0.25, -0.2) is 4.79 Å². The van der Waals surface area contributed by atoms with Gasteiger partial charge in [-0.05, 0) is 30.3 Å². The molecule has 2 N–H and O–H groups in total. The summed E-state index contributed by atoms with van der Waals surface area (Å²) in [6.07, 6.45) is -0.780. The molecule has 190 valence electrons. The number of ether oxygens (including phenoxy) is 3. The Balaban J connectivity index is 2.23. The van der Waals surface area contributed by atoms with E-state index in [0.29, 0.717) is 11.3 Å². The summed E-state index contributed by atoms with van der Waals surface area (Å²) in [4.78, 5) is 37.6. The SMILES string of the molecule is COC(=O)C(NC(=O)c1ccc(C(=O)NC(OC)c2cccc(OC)c2)cc1Cl)P(=O)(OC)OC. The molecule has 0 radical (unpaired) electrons. The molecule has 0 aromatic heterocycles. The molecule has 0 heterocycles. The number of hydrogen-bond acceptors (Lipinski definition) is 9. The Hall–Kier alpha value is -2.95. The number of methoxy groups -OCH3 is 3. The molecule has 0 saturated carbocycles. The molecule has 0 aliphatic heterocycles. The van der Waals surface area contributed by atoms with Gasteiger partial charge >= 0.3 is 13.6 Å². The van der Waals surface area contributed by atoms with E-state index >= 15 is 0 Å². The highest BCUT2D eigenvalue weighted by Crippen LogP contribution is 2.50. The molecule has 0 spiro atoms. The summed E-state index contributed by atoms with van der Waals surface area (Å²) in [6, 6.07) is 10.9. The fourth-order valence-electron chi connectivity index (χ4n) is 2.99. The highest BCUT2D eigenvalue weighted by Gasteiger charge is 2.42. The summed E-state index contributed by atoms with van der Waals surface area (Å²) >= 11 is 6.24. The molecule has 2 aromatic carbocycles. The molecule has 2 unspecified atom stereocenters. The minimum absolute atomic E-state index is 0.0908. The smallest absolute Gasteiger partial charge is 0.363 e. The molecular formula is C22H26ClN2O9P. The van der Waals surface area contributed by atoms with Crippen LogP contribution in [0.5, 0.6) is 5.75 Å². The van der Waals surface area contributed by atoms with E-state index in [4.69, 9.17) is 30.1 Å². The average Bonchev–Trinajstić information content (AvgIpc) is 2.88. The second-order valence-corrected chi connectivity index (χ2v) is 9.60. The number of rotatable bonds is 11. The zero-order valence-electron chi connectivity index (χ0n) is 19.7. The van der Waals surface area contributed by atoms with Crippen LogP contribution in [0, 0.1) is 0 Å². The normalized spacial score (nSPS) is 12.9. The van der Waals surface area contributed by atoms with E-state index in [2.05, 4.69) is 15.4 Å². The third kappa shape index (κ3) is 6.81. The van der Waals surface area contributed by atoms with E-state index in [1.807, 2.05) is 0 Å². The zero-order valence-corrected chi connectivity index (χ0v) is 21.3. The summed E-state index contributed by atoms with van der Waals surface area (Å²) < 4.78 is 37.4. The predicted octanol–water partition coefficient (Wildman–Crippen LogP) is 3.14. The maximum Gasteiger partial charge on any atom is 0.363 e. The van der Waals surface area contributed by atoms with Crippen molar-refractivity contribution in [3.8, 4) is 5.75 Å². The Morgan fingerprint density at radius 2 is 1.60 bits per heavy atom. The van der Waals surface area contributed by atoms with Gasteiger partial charge in [0.1, 0.15) is 5.75 Å². The molecule has 0 aliphatic carbocycles. The average molecular weight is 529 g/mol.